The molecule has 1 aromatic rings. The number of nitrogens with zero attached hydrogens (tertiary/aromatic N) is 3. The molecule has 3 rings (SSSR count). The second-order valence-electron chi connectivity index (χ2n) is 7.84. The fourth-order valence-corrected chi connectivity index (χ4v) is 3.39. The van der Waals surface area contributed by atoms with Gasteiger partial charge in [-0.3, -0.25) is 4.79 Å². The largest absolute Gasteiger partial charge is 0.444 e. The van der Waals surface area contributed by atoms with E-state index in [2.05, 4.69) is 15.5 Å². The summed E-state index contributed by atoms with van der Waals surface area (Å²) in [7, 11) is 0. The van der Waals surface area contributed by atoms with Gasteiger partial charge in [-0.05, 0) is 46.5 Å². The Kier molecular flexibility index (Phi) is 5.02. The number of carbonyl (C=O) groups excluding carboxylic acids is 2. The summed E-state index contributed by atoms with van der Waals surface area (Å²) in [4.78, 5) is 29.9. The number of amides is 2. The maximum Gasteiger partial charge on any atom is 0.407 e. The summed E-state index contributed by atoms with van der Waals surface area (Å²) in [5, 5.41) is 6.94. The Balaban J connectivity index is 1.59. The predicted molar refractivity (Wildman–Crippen MR) is 94.0 cm³/mol. The molecule has 2 atom stereocenters. The van der Waals surface area contributed by atoms with Crippen LogP contribution in [-0.2, 0) is 9.53 Å². The van der Waals surface area contributed by atoms with Crippen molar-refractivity contribution in [2.45, 2.75) is 71.1 Å². The first-order chi connectivity index (χ1) is 12.2. The maximum absolute atomic E-state index is 11.9. The van der Waals surface area contributed by atoms with Crippen LogP contribution in [0.1, 0.15) is 71.1 Å². The van der Waals surface area contributed by atoms with Crippen molar-refractivity contribution in [2.75, 3.05) is 6.54 Å². The number of hydrogen-bond acceptors (Lipinski definition) is 6. The van der Waals surface area contributed by atoms with Crippen molar-refractivity contribution in [1.29, 1.82) is 0 Å². The van der Waals surface area contributed by atoms with E-state index in [0.717, 1.165) is 25.0 Å². The van der Waals surface area contributed by atoms with E-state index in [0.29, 0.717) is 24.6 Å². The average molecular weight is 362 g/mol. The molecule has 2 amide bonds. The van der Waals surface area contributed by atoms with Crippen molar-refractivity contribution in [2.24, 2.45) is 0 Å². The van der Waals surface area contributed by atoms with E-state index < -0.39 is 11.7 Å². The predicted octanol–water partition coefficient (Wildman–Crippen LogP) is 2.82. The number of nitrogens with one attached hydrogen (secondary N) is 1. The van der Waals surface area contributed by atoms with Gasteiger partial charge in [-0.15, -0.1) is 0 Å². The smallest absolute Gasteiger partial charge is 0.407 e. The van der Waals surface area contributed by atoms with Crippen LogP contribution >= 0.6 is 0 Å². The van der Waals surface area contributed by atoms with Gasteiger partial charge in [0.25, 0.3) is 5.89 Å². The zero-order valence-corrected chi connectivity index (χ0v) is 15.7. The van der Waals surface area contributed by atoms with Crippen LogP contribution in [0.2, 0.25) is 0 Å². The van der Waals surface area contributed by atoms with Gasteiger partial charge in [-0.25, -0.2) is 4.79 Å². The lowest BCUT2D eigenvalue weighted by atomic mass is 10.2. The fourth-order valence-electron chi connectivity index (χ4n) is 3.39. The molecule has 0 saturated carbocycles. The van der Waals surface area contributed by atoms with E-state index in [-0.39, 0.29) is 18.0 Å². The second kappa shape index (κ2) is 7.09. The summed E-state index contributed by atoms with van der Waals surface area (Å²) in [5.41, 5.74) is 0.390. The van der Waals surface area contributed by atoms with Gasteiger partial charge < -0.3 is 19.5 Å². The normalized spacial score (nSPS) is 23.1. The molecule has 1 N–H and O–H groups in total. The van der Waals surface area contributed by atoms with E-state index in [1.165, 1.54) is 0 Å². The summed E-state index contributed by atoms with van der Waals surface area (Å²) < 4.78 is 10.7. The summed E-state index contributed by atoms with van der Waals surface area (Å²) in [6.07, 6.45) is 4.67. The molecule has 0 aromatic carbocycles. The molecule has 2 heterocycles. The Morgan fingerprint density at radius 3 is 2.85 bits per heavy atom. The van der Waals surface area contributed by atoms with Gasteiger partial charge in [-0.1, -0.05) is 11.2 Å². The van der Waals surface area contributed by atoms with E-state index in [1.54, 1.807) is 11.8 Å². The first-order valence-corrected chi connectivity index (χ1v) is 9.02. The minimum atomic E-state index is -0.524. The second-order valence-corrected chi connectivity index (χ2v) is 7.84. The van der Waals surface area contributed by atoms with Crippen LogP contribution in [0.5, 0.6) is 0 Å². The number of alkyl carbamates (subject to hydrolysis) is 1. The minimum Gasteiger partial charge on any atom is -0.444 e. The molecule has 8 nitrogen and oxygen atoms in total. The summed E-state index contributed by atoms with van der Waals surface area (Å²) in [5.74, 6) is 1.04. The van der Waals surface area contributed by atoms with Crippen LogP contribution in [0, 0.1) is 0 Å². The highest BCUT2D eigenvalue weighted by Gasteiger charge is 2.33. The van der Waals surface area contributed by atoms with Crippen molar-refractivity contribution in [1.82, 2.24) is 20.4 Å². The molecule has 2 unspecified atom stereocenters. The molecule has 1 aliphatic carbocycles. The Morgan fingerprint density at radius 1 is 1.38 bits per heavy atom. The van der Waals surface area contributed by atoms with Crippen LogP contribution < -0.4 is 5.32 Å². The molecule has 0 radical (unpaired) electrons. The fraction of sp³-hybridized carbons (Fsp3) is 0.667. The van der Waals surface area contributed by atoms with Gasteiger partial charge in [-0.2, -0.15) is 4.98 Å². The van der Waals surface area contributed by atoms with Gasteiger partial charge >= 0.3 is 6.09 Å². The molecular formula is C18H26N4O4. The van der Waals surface area contributed by atoms with Gasteiger partial charge in [0.15, 0.2) is 5.82 Å². The quantitative estimate of drug-likeness (QED) is 0.888. The molecule has 2 aliphatic rings. The third-order valence-electron chi connectivity index (χ3n) is 4.51. The maximum atomic E-state index is 11.9. The van der Waals surface area contributed by atoms with Crippen LogP contribution in [0.15, 0.2) is 10.6 Å². The molecule has 8 heteroatoms. The zero-order chi connectivity index (χ0) is 18.9. The molecule has 1 fully saturated rings. The van der Waals surface area contributed by atoms with Gasteiger partial charge in [0, 0.05) is 25.1 Å². The minimum absolute atomic E-state index is 0.0283. The Labute approximate surface area is 153 Å². The number of ether oxygens (including phenoxy) is 1. The Hall–Kier alpha value is -2.38. The third-order valence-corrected chi connectivity index (χ3v) is 4.51. The molecule has 26 heavy (non-hydrogen) atoms. The molecule has 142 valence electrons. The molecule has 1 saturated heterocycles. The lowest BCUT2D eigenvalue weighted by Crippen LogP contribution is -2.38. The van der Waals surface area contributed by atoms with Gasteiger partial charge in [0.2, 0.25) is 5.91 Å². The van der Waals surface area contributed by atoms with E-state index in [1.807, 2.05) is 26.8 Å². The van der Waals surface area contributed by atoms with Crippen molar-refractivity contribution < 1.29 is 18.8 Å². The number of likely N-dealkylation sites (tertiary alicyclic amines) is 1. The van der Waals surface area contributed by atoms with Crippen molar-refractivity contribution >= 4 is 17.6 Å². The highest BCUT2D eigenvalue weighted by atomic mass is 16.6. The standard InChI is InChI=1S/C18H26N4O4/c1-11(23)22-9-5-6-14(22)15-20-16(26-21-15)12-7-8-13(10-12)19-17(24)25-18(2,3)4/h7,13-14H,5-6,8-10H2,1-4H3,(H,19,24). The third kappa shape index (κ3) is 4.23. The van der Waals surface area contributed by atoms with Crippen LogP contribution in [0.3, 0.4) is 0 Å². The summed E-state index contributed by atoms with van der Waals surface area (Å²) >= 11 is 0. The topological polar surface area (TPSA) is 97.6 Å². The van der Waals surface area contributed by atoms with E-state index >= 15 is 0 Å². The first-order valence-electron chi connectivity index (χ1n) is 9.02. The molecule has 0 bridgehead atoms. The Morgan fingerprint density at radius 2 is 2.15 bits per heavy atom. The average Bonchev–Trinajstić information content (AvgIpc) is 3.24. The van der Waals surface area contributed by atoms with Crippen molar-refractivity contribution in [3.8, 4) is 0 Å². The highest BCUT2D eigenvalue weighted by molar-refractivity contribution is 5.74. The van der Waals surface area contributed by atoms with Crippen molar-refractivity contribution in [3.05, 3.63) is 17.8 Å². The van der Waals surface area contributed by atoms with E-state index in [4.69, 9.17) is 9.26 Å². The van der Waals surface area contributed by atoms with E-state index in [9.17, 15) is 9.59 Å². The lowest BCUT2D eigenvalue weighted by Gasteiger charge is -2.21. The van der Waals surface area contributed by atoms with Gasteiger partial charge in [0.05, 0.1) is 6.04 Å². The summed E-state index contributed by atoms with van der Waals surface area (Å²) in [6.45, 7) is 7.79. The molecule has 0 spiro atoms. The molecule has 1 aromatic heterocycles. The van der Waals surface area contributed by atoms with Crippen LogP contribution in [0.4, 0.5) is 4.79 Å². The highest BCUT2D eigenvalue weighted by Crippen LogP contribution is 2.32. The monoisotopic (exact) mass is 362 g/mol. The number of aromatic nitrogens is 2. The van der Waals surface area contributed by atoms with Crippen molar-refractivity contribution in [3.63, 3.8) is 0 Å². The van der Waals surface area contributed by atoms with Crippen LogP contribution in [0.25, 0.3) is 5.57 Å². The van der Waals surface area contributed by atoms with Gasteiger partial charge in [0.1, 0.15) is 5.60 Å². The number of rotatable bonds is 3. The Bertz CT molecular complexity index is 719. The number of hydrogen-bond donors (Lipinski definition) is 1. The molecule has 1 aliphatic heterocycles. The SMILES string of the molecule is CC(=O)N1CCCC1c1noc(C2=CCC(NC(=O)OC(C)(C)C)C2)n1. The number of carbonyl (C=O) groups is 2. The first kappa shape index (κ1) is 18.4. The lowest BCUT2D eigenvalue weighted by molar-refractivity contribution is -0.129. The van der Waals surface area contributed by atoms with Crippen LogP contribution in [-0.4, -0.2) is 45.2 Å². The molecular weight excluding hydrogens is 336 g/mol. The summed E-state index contributed by atoms with van der Waals surface area (Å²) in [6, 6.07) is -0.155. The zero-order valence-electron chi connectivity index (χ0n) is 15.7.